The van der Waals surface area contributed by atoms with Crippen molar-refractivity contribution < 1.29 is 9.53 Å². The number of para-hydroxylation sites is 2. The maximum Gasteiger partial charge on any atom is 0.319 e. The summed E-state index contributed by atoms with van der Waals surface area (Å²) in [7, 11) is 1.63. The first kappa shape index (κ1) is 22.2. The molecule has 0 unspecified atom stereocenters. The van der Waals surface area contributed by atoms with Crippen LogP contribution in [0.3, 0.4) is 0 Å². The number of nitrogen functional groups attached to an aromatic ring is 1. The van der Waals surface area contributed by atoms with E-state index in [1.807, 2.05) is 72.8 Å². The van der Waals surface area contributed by atoms with E-state index in [1.165, 1.54) is 4.68 Å². The summed E-state index contributed by atoms with van der Waals surface area (Å²) in [6.07, 6.45) is 0.622. The first-order chi connectivity index (χ1) is 16.1. The number of anilines is 2. The molecule has 0 aliphatic carbocycles. The molecular formula is C25H24ClN5O2. The monoisotopic (exact) mass is 461 g/mol. The smallest absolute Gasteiger partial charge is 0.319 e. The van der Waals surface area contributed by atoms with Crippen LogP contribution in [-0.4, -0.2) is 29.5 Å². The molecule has 0 saturated carbocycles. The highest BCUT2D eigenvalue weighted by Gasteiger charge is 2.21. The van der Waals surface area contributed by atoms with Gasteiger partial charge < -0.3 is 21.1 Å². The van der Waals surface area contributed by atoms with Gasteiger partial charge in [-0.15, -0.1) is 0 Å². The van der Waals surface area contributed by atoms with Crippen LogP contribution in [0.5, 0.6) is 5.75 Å². The Morgan fingerprint density at radius 1 is 1.03 bits per heavy atom. The van der Waals surface area contributed by atoms with Crippen LogP contribution >= 0.6 is 11.6 Å². The van der Waals surface area contributed by atoms with Crippen molar-refractivity contribution in [2.45, 2.75) is 6.42 Å². The quantitative estimate of drug-likeness (QED) is 0.355. The van der Waals surface area contributed by atoms with Crippen molar-refractivity contribution in [3.8, 4) is 22.7 Å². The molecule has 0 bridgehead atoms. The van der Waals surface area contributed by atoms with Gasteiger partial charge in [-0.25, -0.2) is 9.48 Å². The zero-order valence-corrected chi connectivity index (χ0v) is 18.8. The number of amides is 2. The standard InChI is InChI=1S/C25H24ClN5O2/c1-33-21-14-8-5-9-17(21)15-16-28-25(32)29-23-22(18-10-3-2-4-11-18)30-31(24(23)27)20-13-7-6-12-19(20)26/h2-14H,15-16,27H2,1H3,(H2,28,29,32). The maximum absolute atomic E-state index is 12.7. The predicted molar refractivity (Wildman–Crippen MR) is 132 cm³/mol. The highest BCUT2D eigenvalue weighted by Crippen LogP contribution is 2.35. The lowest BCUT2D eigenvalue weighted by Crippen LogP contribution is -2.30. The largest absolute Gasteiger partial charge is 0.496 e. The van der Waals surface area contributed by atoms with Gasteiger partial charge in [0, 0.05) is 12.1 Å². The van der Waals surface area contributed by atoms with Gasteiger partial charge >= 0.3 is 6.03 Å². The summed E-state index contributed by atoms with van der Waals surface area (Å²) in [6.45, 7) is 0.422. The minimum atomic E-state index is -0.382. The maximum atomic E-state index is 12.7. The average molecular weight is 462 g/mol. The number of hydrogen-bond acceptors (Lipinski definition) is 4. The highest BCUT2D eigenvalue weighted by atomic mass is 35.5. The molecule has 7 nitrogen and oxygen atoms in total. The highest BCUT2D eigenvalue weighted by molar-refractivity contribution is 6.32. The topological polar surface area (TPSA) is 94.2 Å². The average Bonchev–Trinajstić information content (AvgIpc) is 3.16. The molecule has 4 rings (SSSR count). The third kappa shape index (κ3) is 4.94. The molecule has 4 N–H and O–H groups in total. The zero-order chi connectivity index (χ0) is 23.2. The Kier molecular flexibility index (Phi) is 6.80. The van der Waals surface area contributed by atoms with Crippen LogP contribution in [0, 0.1) is 0 Å². The number of halogens is 1. The summed E-state index contributed by atoms with van der Waals surface area (Å²) < 4.78 is 6.90. The molecule has 0 radical (unpaired) electrons. The van der Waals surface area contributed by atoms with E-state index < -0.39 is 0 Å². The molecule has 3 aromatic carbocycles. The number of nitrogens with zero attached hydrogens (tertiary/aromatic N) is 2. The summed E-state index contributed by atoms with van der Waals surface area (Å²) >= 11 is 6.37. The third-order valence-electron chi connectivity index (χ3n) is 5.16. The van der Waals surface area contributed by atoms with Gasteiger partial charge in [0.1, 0.15) is 17.1 Å². The van der Waals surface area contributed by atoms with Crippen LogP contribution in [0.2, 0.25) is 5.02 Å². The fourth-order valence-electron chi connectivity index (χ4n) is 3.54. The van der Waals surface area contributed by atoms with Gasteiger partial charge in [0.25, 0.3) is 0 Å². The number of rotatable bonds is 7. The molecule has 33 heavy (non-hydrogen) atoms. The molecule has 8 heteroatoms. The van der Waals surface area contributed by atoms with Crippen LogP contribution in [0.15, 0.2) is 78.9 Å². The minimum absolute atomic E-state index is 0.279. The van der Waals surface area contributed by atoms with E-state index >= 15 is 0 Å². The molecule has 1 aromatic heterocycles. The number of carbonyl (C=O) groups is 1. The minimum Gasteiger partial charge on any atom is -0.496 e. The molecule has 0 saturated heterocycles. The predicted octanol–water partition coefficient (Wildman–Crippen LogP) is 5.15. The first-order valence-electron chi connectivity index (χ1n) is 10.4. The molecule has 0 atom stereocenters. The van der Waals surface area contributed by atoms with E-state index in [0.717, 1.165) is 16.9 Å². The van der Waals surface area contributed by atoms with Crippen LogP contribution in [0.1, 0.15) is 5.56 Å². The SMILES string of the molecule is COc1ccccc1CCNC(=O)Nc1c(-c2ccccc2)nn(-c2ccccc2Cl)c1N. The number of aromatic nitrogens is 2. The summed E-state index contributed by atoms with van der Waals surface area (Å²) in [6, 6.07) is 24.1. The number of hydrogen-bond donors (Lipinski definition) is 3. The van der Waals surface area contributed by atoms with E-state index in [4.69, 9.17) is 22.1 Å². The summed E-state index contributed by atoms with van der Waals surface area (Å²) in [4.78, 5) is 12.7. The van der Waals surface area contributed by atoms with Gasteiger partial charge in [-0.2, -0.15) is 5.10 Å². The molecule has 0 aliphatic rings. The Morgan fingerprint density at radius 2 is 1.73 bits per heavy atom. The summed E-state index contributed by atoms with van der Waals surface area (Å²) in [5, 5.41) is 10.9. The lowest BCUT2D eigenvalue weighted by Gasteiger charge is -2.11. The van der Waals surface area contributed by atoms with Crippen molar-refractivity contribution in [1.29, 1.82) is 0 Å². The van der Waals surface area contributed by atoms with Crippen molar-refractivity contribution in [2.24, 2.45) is 0 Å². The fourth-order valence-corrected chi connectivity index (χ4v) is 3.75. The number of nitrogens with one attached hydrogen (secondary N) is 2. The van der Waals surface area contributed by atoms with Crippen LogP contribution in [0.4, 0.5) is 16.3 Å². The molecule has 1 heterocycles. The van der Waals surface area contributed by atoms with Gasteiger partial charge in [-0.1, -0.05) is 72.3 Å². The Morgan fingerprint density at radius 3 is 2.48 bits per heavy atom. The van der Waals surface area contributed by atoms with E-state index in [0.29, 0.717) is 35.1 Å². The van der Waals surface area contributed by atoms with Crippen molar-refractivity contribution in [3.63, 3.8) is 0 Å². The van der Waals surface area contributed by atoms with Crippen molar-refractivity contribution >= 4 is 29.1 Å². The zero-order valence-electron chi connectivity index (χ0n) is 18.1. The summed E-state index contributed by atoms with van der Waals surface area (Å²) in [5.74, 6) is 1.07. The number of urea groups is 1. The molecule has 168 valence electrons. The normalized spacial score (nSPS) is 10.6. The van der Waals surface area contributed by atoms with Gasteiger partial charge in [0.2, 0.25) is 0 Å². The van der Waals surface area contributed by atoms with E-state index in [2.05, 4.69) is 15.7 Å². The second kappa shape index (κ2) is 10.1. The number of nitrogens with two attached hydrogens (primary N) is 1. The number of methoxy groups -OCH3 is 1. The number of carbonyl (C=O) groups excluding carboxylic acids is 1. The Hall–Kier alpha value is -3.97. The van der Waals surface area contributed by atoms with Gasteiger partial charge in [-0.05, 0) is 30.2 Å². The number of benzene rings is 3. The molecular weight excluding hydrogens is 438 g/mol. The van der Waals surface area contributed by atoms with Crippen LogP contribution in [-0.2, 0) is 6.42 Å². The molecule has 0 fully saturated rings. The van der Waals surface area contributed by atoms with E-state index in [9.17, 15) is 4.79 Å². The van der Waals surface area contributed by atoms with Gasteiger partial charge in [0.15, 0.2) is 5.82 Å². The van der Waals surface area contributed by atoms with Gasteiger partial charge in [-0.3, -0.25) is 0 Å². The summed E-state index contributed by atoms with van der Waals surface area (Å²) in [5.41, 5.74) is 9.85. The third-order valence-corrected chi connectivity index (χ3v) is 5.48. The Bertz CT molecular complexity index is 1260. The molecule has 0 aliphatic heterocycles. The van der Waals surface area contributed by atoms with Crippen molar-refractivity contribution in [3.05, 3.63) is 89.4 Å². The Labute approximate surface area is 197 Å². The molecule has 2 amide bonds. The molecule has 4 aromatic rings. The second-order valence-electron chi connectivity index (χ2n) is 7.28. The Balaban J connectivity index is 1.57. The lowest BCUT2D eigenvalue weighted by atomic mass is 10.1. The van der Waals surface area contributed by atoms with Gasteiger partial charge in [0.05, 0.1) is 17.8 Å². The second-order valence-corrected chi connectivity index (χ2v) is 7.69. The van der Waals surface area contributed by atoms with Crippen molar-refractivity contribution in [2.75, 3.05) is 24.7 Å². The van der Waals surface area contributed by atoms with Crippen LogP contribution in [0.25, 0.3) is 16.9 Å². The van der Waals surface area contributed by atoms with E-state index in [1.54, 1.807) is 13.2 Å². The van der Waals surface area contributed by atoms with Crippen LogP contribution < -0.4 is 21.1 Å². The lowest BCUT2D eigenvalue weighted by molar-refractivity contribution is 0.252. The number of ether oxygens (including phenoxy) is 1. The van der Waals surface area contributed by atoms with Crippen molar-refractivity contribution in [1.82, 2.24) is 15.1 Å². The first-order valence-corrected chi connectivity index (χ1v) is 10.8. The van der Waals surface area contributed by atoms with E-state index in [-0.39, 0.29) is 11.8 Å². The molecule has 0 spiro atoms. The fraction of sp³-hybridized carbons (Fsp3) is 0.120.